The third-order valence-electron chi connectivity index (χ3n) is 2.98. The zero-order valence-corrected chi connectivity index (χ0v) is 12.3. The van der Waals surface area contributed by atoms with E-state index in [2.05, 4.69) is 0 Å². The number of ether oxygens (including phenoxy) is 2. The number of carbonyl (C=O) groups is 2. The quantitative estimate of drug-likeness (QED) is 0.684. The summed E-state index contributed by atoms with van der Waals surface area (Å²) in [4.78, 5) is 23.9. The lowest BCUT2D eigenvalue weighted by molar-refractivity contribution is -0.128. The topological polar surface area (TPSA) is 52.6 Å². The summed E-state index contributed by atoms with van der Waals surface area (Å²) in [6.07, 6.45) is 1.95. The van der Waals surface area contributed by atoms with Crippen molar-refractivity contribution in [3.63, 3.8) is 0 Å². The molecule has 0 aliphatic carbocycles. The molecule has 4 nitrogen and oxygen atoms in total. The van der Waals surface area contributed by atoms with Gasteiger partial charge in [0.1, 0.15) is 5.75 Å². The van der Waals surface area contributed by atoms with E-state index >= 15 is 0 Å². The van der Waals surface area contributed by atoms with E-state index in [9.17, 15) is 9.59 Å². The first-order chi connectivity index (χ1) is 9.62. The van der Waals surface area contributed by atoms with Crippen LogP contribution in [0.25, 0.3) is 0 Å². The van der Waals surface area contributed by atoms with Gasteiger partial charge in [-0.25, -0.2) is 4.79 Å². The van der Waals surface area contributed by atoms with Crippen LogP contribution in [-0.2, 0) is 9.53 Å². The maximum Gasteiger partial charge on any atom is 0.338 e. The lowest BCUT2D eigenvalue weighted by atomic mass is 10.1. The number of hydrogen-bond donors (Lipinski definition) is 0. The Balaban J connectivity index is 2.71. The van der Waals surface area contributed by atoms with E-state index in [1.54, 1.807) is 31.4 Å². The van der Waals surface area contributed by atoms with Crippen molar-refractivity contribution in [3.05, 3.63) is 29.8 Å². The molecule has 1 unspecified atom stereocenters. The van der Waals surface area contributed by atoms with Gasteiger partial charge in [0, 0.05) is 6.42 Å². The van der Waals surface area contributed by atoms with Crippen LogP contribution in [0.5, 0.6) is 5.75 Å². The average molecular weight is 278 g/mol. The van der Waals surface area contributed by atoms with Crippen molar-refractivity contribution >= 4 is 11.8 Å². The van der Waals surface area contributed by atoms with Gasteiger partial charge < -0.3 is 9.47 Å². The van der Waals surface area contributed by atoms with Gasteiger partial charge in [-0.15, -0.1) is 0 Å². The molecule has 1 rings (SSSR count). The number of ketones is 1. The molecule has 0 bridgehead atoms. The highest BCUT2D eigenvalue weighted by molar-refractivity contribution is 5.92. The summed E-state index contributed by atoms with van der Waals surface area (Å²) in [5.74, 6) is 0.209. The lowest BCUT2D eigenvalue weighted by Gasteiger charge is -2.16. The van der Waals surface area contributed by atoms with Crippen molar-refractivity contribution in [2.45, 2.75) is 45.6 Å². The second-order valence-corrected chi connectivity index (χ2v) is 4.63. The van der Waals surface area contributed by atoms with E-state index in [1.807, 2.05) is 13.8 Å². The summed E-state index contributed by atoms with van der Waals surface area (Å²) in [6, 6.07) is 6.65. The van der Waals surface area contributed by atoms with Crippen molar-refractivity contribution < 1.29 is 19.1 Å². The third kappa shape index (κ3) is 4.68. The number of rotatable bonds is 8. The van der Waals surface area contributed by atoms with Crippen molar-refractivity contribution in [2.24, 2.45) is 0 Å². The molecule has 0 amide bonds. The molecule has 0 heterocycles. The van der Waals surface area contributed by atoms with E-state index in [0.29, 0.717) is 24.2 Å². The number of methoxy groups -OCH3 is 1. The highest BCUT2D eigenvalue weighted by Gasteiger charge is 2.21. The van der Waals surface area contributed by atoms with Crippen LogP contribution in [0.4, 0.5) is 0 Å². The predicted molar refractivity (Wildman–Crippen MR) is 77.0 cm³/mol. The summed E-state index contributed by atoms with van der Waals surface area (Å²) >= 11 is 0. The van der Waals surface area contributed by atoms with E-state index in [4.69, 9.17) is 9.47 Å². The fourth-order valence-electron chi connectivity index (χ4n) is 1.88. The minimum atomic E-state index is -0.630. The van der Waals surface area contributed by atoms with Gasteiger partial charge in [-0.2, -0.15) is 0 Å². The fourth-order valence-corrected chi connectivity index (χ4v) is 1.88. The maximum absolute atomic E-state index is 12.0. The molecule has 1 aromatic carbocycles. The molecule has 110 valence electrons. The average Bonchev–Trinajstić information content (AvgIpc) is 2.47. The molecule has 0 aliphatic heterocycles. The van der Waals surface area contributed by atoms with Crippen LogP contribution >= 0.6 is 0 Å². The number of carbonyl (C=O) groups excluding carboxylic acids is 2. The summed E-state index contributed by atoms with van der Waals surface area (Å²) in [5.41, 5.74) is 0.427. The van der Waals surface area contributed by atoms with Crippen molar-refractivity contribution in [2.75, 3.05) is 7.11 Å². The second kappa shape index (κ2) is 8.35. The Morgan fingerprint density at radius 2 is 1.75 bits per heavy atom. The molecule has 0 aromatic heterocycles. The Kier molecular flexibility index (Phi) is 6.77. The maximum atomic E-state index is 12.0. The van der Waals surface area contributed by atoms with Gasteiger partial charge in [-0.3, -0.25) is 4.79 Å². The highest BCUT2D eigenvalue weighted by Crippen LogP contribution is 2.15. The summed E-state index contributed by atoms with van der Waals surface area (Å²) < 4.78 is 10.4. The standard InChI is InChI=1S/C16H22O4/c1-4-6-14(17)15(7-5-2)20-16(18)12-8-10-13(19-3)11-9-12/h8-11,15H,4-7H2,1-3H3. The number of esters is 1. The van der Waals surface area contributed by atoms with Crippen LogP contribution in [0, 0.1) is 0 Å². The van der Waals surface area contributed by atoms with Crippen LogP contribution in [0.1, 0.15) is 49.9 Å². The lowest BCUT2D eigenvalue weighted by Crippen LogP contribution is -2.27. The van der Waals surface area contributed by atoms with Crippen molar-refractivity contribution in [1.82, 2.24) is 0 Å². The fraction of sp³-hybridized carbons (Fsp3) is 0.500. The highest BCUT2D eigenvalue weighted by atomic mass is 16.5. The molecule has 0 spiro atoms. The van der Waals surface area contributed by atoms with Gasteiger partial charge >= 0.3 is 5.97 Å². The van der Waals surface area contributed by atoms with E-state index in [1.165, 1.54) is 0 Å². The summed E-state index contributed by atoms with van der Waals surface area (Å²) in [5, 5.41) is 0. The molecule has 20 heavy (non-hydrogen) atoms. The van der Waals surface area contributed by atoms with Crippen LogP contribution in [0.2, 0.25) is 0 Å². The second-order valence-electron chi connectivity index (χ2n) is 4.63. The van der Waals surface area contributed by atoms with Crippen molar-refractivity contribution in [1.29, 1.82) is 0 Å². The minimum absolute atomic E-state index is 0.00351. The third-order valence-corrected chi connectivity index (χ3v) is 2.98. The monoisotopic (exact) mass is 278 g/mol. The number of hydrogen-bond acceptors (Lipinski definition) is 4. The van der Waals surface area contributed by atoms with E-state index in [0.717, 1.165) is 12.8 Å². The normalized spacial score (nSPS) is 11.8. The smallest absolute Gasteiger partial charge is 0.338 e. The van der Waals surface area contributed by atoms with Gasteiger partial charge in [0.25, 0.3) is 0 Å². The van der Waals surface area contributed by atoms with Gasteiger partial charge in [-0.1, -0.05) is 20.3 Å². The first-order valence-electron chi connectivity index (χ1n) is 7.00. The molecular weight excluding hydrogens is 256 g/mol. The molecule has 0 aliphatic rings. The van der Waals surface area contributed by atoms with Crippen molar-refractivity contribution in [3.8, 4) is 5.75 Å². The molecular formula is C16H22O4. The Morgan fingerprint density at radius 1 is 1.10 bits per heavy atom. The largest absolute Gasteiger partial charge is 0.497 e. The molecule has 1 atom stereocenters. The van der Waals surface area contributed by atoms with Crippen LogP contribution < -0.4 is 4.74 Å². The molecule has 0 radical (unpaired) electrons. The van der Waals surface area contributed by atoms with Gasteiger partial charge in [-0.05, 0) is 37.1 Å². The molecule has 4 heteroatoms. The van der Waals surface area contributed by atoms with E-state index in [-0.39, 0.29) is 5.78 Å². The van der Waals surface area contributed by atoms with Gasteiger partial charge in [0.2, 0.25) is 0 Å². The summed E-state index contributed by atoms with van der Waals surface area (Å²) in [6.45, 7) is 3.90. The zero-order chi connectivity index (χ0) is 15.0. The summed E-state index contributed by atoms with van der Waals surface area (Å²) in [7, 11) is 1.56. The SMILES string of the molecule is CCCC(=O)C(CCC)OC(=O)c1ccc(OC)cc1. The molecule has 0 N–H and O–H groups in total. The van der Waals surface area contributed by atoms with Gasteiger partial charge in [0.15, 0.2) is 11.9 Å². The van der Waals surface area contributed by atoms with Crippen LogP contribution in [-0.4, -0.2) is 25.0 Å². The molecule has 0 saturated carbocycles. The van der Waals surface area contributed by atoms with Crippen LogP contribution in [0.15, 0.2) is 24.3 Å². The molecule has 0 saturated heterocycles. The number of benzene rings is 1. The Hall–Kier alpha value is -1.84. The van der Waals surface area contributed by atoms with Crippen LogP contribution in [0.3, 0.4) is 0 Å². The molecule has 0 fully saturated rings. The first kappa shape index (κ1) is 16.2. The predicted octanol–water partition coefficient (Wildman–Crippen LogP) is 3.39. The minimum Gasteiger partial charge on any atom is -0.497 e. The Morgan fingerprint density at radius 3 is 2.25 bits per heavy atom. The zero-order valence-electron chi connectivity index (χ0n) is 12.3. The van der Waals surface area contributed by atoms with Gasteiger partial charge in [0.05, 0.1) is 12.7 Å². The van der Waals surface area contributed by atoms with E-state index < -0.39 is 12.1 Å². The Labute approximate surface area is 120 Å². The Bertz CT molecular complexity index is 436. The molecule has 1 aromatic rings. The first-order valence-corrected chi connectivity index (χ1v) is 7.00. The number of Topliss-reactive ketones (excluding diaryl/α,β-unsaturated/α-hetero) is 1.